The lowest BCUT2D eigenvalue weighted by atomic mass is 10.0. The van der Waals surface area contributed by atoms with E-state index in [1.54, 1.807) is 0 Å². The van der Waals surface area contributed by atoms with Gasteiger partial charge in [-0.1, -0.05) is 26.0 Å². The Hall–Kier alpha value is -1.12. The van der Waals surface area contributed by atoms with Crippen molar-refractivity contribution in [3.63, 3.8) is 0 Å². The average molecular weight is 182 g/mol. The lowest BCUT2D eigenvalue weighted by Gasteiger charge is -1.98. The molecule has 1 atom stereocenters. The molecule has 0 aromatic heterocycles. The van der Waals surface area contributed by atoms with Crippen molar-refractivity contribution in [3.05, 3.63) is 12.2 Å². The topological polar surface area (TPSA) is 43.4 Å². The predicted molar refractivity (Wildman–Crippen MR) is 47.8 cm³/mol. The maximum atomic E-state index is 11.0. The predicted octanol–water partition coefficient (Wildman–Crippen LogP) is 1.68. The first-order valence-electron chi connectivity index (χ1n) is 4.50. The quantitative estimate of drug-likeness (QED) is 0.379. The van der Waals surface area contributed by atoms with Crippen LogP contribution in [0.3, 0.4) is 0 Å². The molecule has 3 heteroatoms. The number of hydrogen-bond donors (Lipinski definition) is 0. The molecule has 0 saturated carbocycles. The van der Waals surface area contributed by atoms with Gasteiger partial charge in [0.1, 0.15) is 0 Å². The Morgan fingerprint density at radius 1 is 1.54 bits per heavy atom. The first-order valence-corrected chi connectivity index (χ1v) is 4.50. The summed E-state index contributed by atoms with van der Waals surface area (Å²) in [6.45, 7) is 4.13. The van der Waals surface area contributed by atoms with Gasteiger partial charge in [0.15, 0.2) is 0 Å². The fraction of sp³-hybridized carbons (Fsp3) is 0.600. The van der Waals surface area contributed by atoms with E-state index in [0.717, 1.165) is 0 Å². The van der Waals surface area contributed by atoms with Crippen LogP contribution in [-0.2, 0) is 14.3 Å². The number of ether oxygens (including phenoxy) is 1. The minimum Gasteiger partial charge on any atom is -0.393 e. The highest BCUT2D eigenvalue weighted by Gasteiger charge is 2.31. The van der Waals surface area contributed by atoms with Crippen molar-refractivity contribution in [1.82, 2.24) is 0 Å². The highest BCUT2D eigenvalue weighted by Crippen LogP contribution is 2.19. The molecule has 0 spiro atoms. The molecule has 3 nitrogen and oxygen atoms in total. The summed E-state index contributed by atoms with van der Waals surface area (Å²) in [7, 11) is 0. The minimum absolute atomic E-state index is 0.237. The van der Waals surface area contributed by atoms with Crippen LogP contribution in [0.4, 0.5) is 0 Å². The van der Waals surface area contributed by atoms with Crippen molar-refractivity contribution in [2.75, 3.05) is 0 Å². The molecule has 0 aromatic carbocycles. The third-order valence-electron chi connectivity index (χ3n) is 1.90. The van der Waals surface area contributed by atoms with Crippen LogP contribution < -0.4 is 0 Å². The third kappa shape index (κ3) is 3.01. The van der Waals surface area contributed by atoms with Gasteiger partial charge >= 0.3 is 11.9 Å². The zero-order chi connectivity index (χ0) is 9.84. The number of cyclic esters (lactones) is 2. The molecule has 0 bridgehead atoms. The van der Waals surface area contributed by atoms with Gasteiger partial charge in [0.05, 0.1) is 12.3 Å². The van der Waals surface area contributed by atoms with E-state index in [1.807, 2.05) is 12.2 Å². The molecule has 1 aliphatic heterocycles. The molecule has 1 unspecified atom stereocenters. The van der Waals surface area contributed by atoms with Gasteiger partial charge in [-0.05, 0) is 12.3 Å². The summed E-state index contributed by atoms with van der Waals surface area (Å²) in [5.74, 6) is -0.540. The highest BCUT2D eigenvalue weighted by atomic mass is 16.6. The molecule has 1 heterocycles. The Labute approximate surface area is 77.8 Å². The number of allylic oxidation sites excluding steroid dienone is 2. The monoisotopic (exact) mass is 182 g/mol. The van der Waals surface area contributed by atoms with E-state index >= 15 is 0 Å². The summed E-state index contributed by atoms with van der Waals surface area (Å²) < 4.78 is 4.42. The summed E-state index contributed by atoms with van der Waals surface area (Å²) >= 11 is 0. The lowest BCUT2D eigenvalue weighted by molar-refractivity contribution is -0.153. The van der Waals surface area contributed by atoms with Crippen LogP contribution in [0.15, 0.2) is 12.2 Å². The molecule has 0 radical (unpaired) electrons. The van der Waals surface area contributed by atoms with Gasteiger partial charge in [0.25, 0.3) is 0 Å². The summed E-state index contributed by atoms with van der Waals surface area (Å²) in [6.07, 6.45) is 4.81. The van der Waals surface area contributed by atoms with E-state index in [9.17, 15) is 9.59 Å². The lowest BCUT2D eigenvalue weighted by Crippen LogP contribution is -2.05. The maximum absolute atomic E-state index is 11.0. The van der Waals surface area contributed by atoms with Crippen LogP contribution in [0.5, 0.6) is 0 Å². The minimum atomic E-state index is -0.395. The van der Waals surface area contributed by atoms with Crippen molar-refractivity contribution >= 4 is 11.9 Å². The van der Waals surface area contributed by atoms with Crippen LogP contribution in [0.2, 0.25) is 0 Å². The molecule has 1 fully saturated rings. The first-order chi connectivity index (χ1) is 6.09. The van der Waals surface area contributed by atoms with E-state index in [1.165, 1.54) is 0 Å². The molecule has 0 N–H and O–H groups in total. The zero-order valence-corrected chi connectivity index (χ0v) is 7.95. The zero-order valence-electron chi connectivity index (χ0n) is 7.95. The summed E-state index contributed by atoms with van der Waals surface area (Å²) in [5.41, 5.74) is 0. The molecule has 13 heavy (non-hydrogen) atoms. The highest BCUT2D eigenvalue weighted by molar-refractivity contribution is 5.94. The second-order valence-corrected chi connectivity index (χ2v) is 3.60. The van der Waals surface area contributed by atoms with Crippen LogP contribution in [-0.4, -0.2) is 11.9 Å². The normalized spacial score (nSPS) is 23.2. The largest absolute Gasteiger partial charge is 0.393 e. The van der Waals surface area contributed by atoms with Crippen molar-refractivity contribution in [2.24, 2.45) is 11.8 Å². The Bertz CT molecular complexity index is 241. The van der Waals surface area contributed by atoms with Gasteiger partial charge in [-0.3, -0.25) is 9.59 Å². The van der Waals surface area contributed by atoms with Crippen LogP contribution in [0, 0.1) is 11.8 Å². The van der Waals surface area contributed by atoms with E-state index in [-0.39, 0.29) is 18.3 Å². The van der Waals surface area contributed by atoms with Crippen molar-refractivity contribution in [1.29, 1.82) is 0 Å². The first kappa shape index (κ1) is 9.96. The molecule has 0 amide bonds. The van der Waals surface area contributed by atoms with Gasteiger partial charge in [0.2, 0.25) is 0 Å². The summed E-state index contributed by atoms with van der Waals surface area (Å²) in [5, 5.41) is 0. The molecule has 1 aliphatic rings. The van der Waals surface area contributed by atoms with Gasteiger partial charge in [0, 0.05) is 0 Å². The standard InChI is InChI=1S/C10H14O3/c1-7(2)4-3-5-8-6-9(11)13-10(8)12/h3-4,7-8H,5-6H2,1-2H3/b4-3+. The number of carbonyl (C=O) groups excluding carboxylic acids is 2. The Kier molecular flexibility index (Phi) is 3.23. The van der Waals surface area contributed by atoms with E-state index in [4.69, 9.17) is 0 Å². The summed E-state index contributed by atoms with van der Waals surface area (Å²) in [6, 6.07) is 0. The smallest absolute Gasteiger partial charge is 0.317 e. The second kappa shape index (κ2) is 4.21. The summed E-state index contributed by atoms with van der Waals surface area (Å²) in [4.78, 5) is 21.7. The molecular formula is C10H14O3. The van der Waals surface area contributed by atoms with Crippen molar-refractivity contribution in [2.45, 2.75) is 26.7 Å². The molecule has 0 aliphatic carbocycles. The van der Waals surface area contributed by atoms with Crippen LogP contribution in [0.25, 0.3) is 0 Å². The second-order valence-electron chi connectivity index (χ2n) is 3.60. The van der Waals surface area contributed by atoms with Crippen molar-refractivity contribution < 1.29 is 14.3 Å². The Balaban J connectivity index is 2.38. The maximum Gasteiger partial charge on any atom is 0.317 e. The van der Waals surface area contributed by atoms with Crippen LogP contribution in [0.1, 0.15) is 26.7 Å². The molecule has 1 rings (SSSR count). The fourth-order valence-corrected chi connectivity index (χ4v) is 1.22. The number of rotatable bonds is 3. The van der Waals surface area contributed by atoms with Crippen molar-refractivity contribution in [3.8, 4) is 0 Å². The van der Waals surface area contributed by atoms with E-state index in [0.29, 0.717) is 12.3 Å². The van der Waals surface area contributed by atoms with E-state index < -0.39 is 5.97 Å². The Morgan fingerprint density at radius 2 is 2.23 bits per heavy atom. The van der Waals surface area contributed by atoms with Crippen LogP contribution >= 0.6 is 0 Å². The molecule has 72 valence electrons. The fourth-order valence-electron chi connectivity index (χ4n) is 1.22. The number of hydrogen-bond acceptors (Lipinski definition) is 3. The third-order valence-corrected chi connectivity index (χ3v) is 1.90. The molecule has 0 aromatic rings. The molecular weight excluding hydrogens is 168 g/mol. The number of esters is 2. The van der Waals surface area contributed by atoms with Gasteiger partial charge in [-0.2, -0.15) is 0 Å². The SMILES string of the molecule is CC(C)/C=C/CC1CC(=O)OC1=O. The van der Waals surface area contributed by atoms with Gasteiger partial charge < -0.3 is 4.74 Å². The van der Waals surface area contributed by atoms with Gasteiger partial charge in [-0.15, -0.1) is 0 Å². The molecule has 1 saturated heterocycles. The van der Waals surface area contributed by atoms with Gasteiger partial charge in [-0.25, -0.2) is 0 Å². The Morgan fingerprint density at radius 3 is 2.69 bits per heavy atom. The average Bonchev–Trinajstić information content (AvgIpc) is 2.29. The number of carbonyl (C=O) groups is 2. The van der Waals surface area contributed by atoms with E-state index in [2.05, 4.69) is 18.6 Å².